The molecule has 0 bridgehead atoms. The lowest BCUT2D eigenvalue weighted by atomic mass is 10.0. The van der Waals surface area contributed by atoms with Gasteiger partial charge in [0.15, 0.2) is 11.5 Å². The number of halogens is 4. The third-order valence-electron chi connectivity index (χ3n) is 4.10. The second-order valence-electron chi connectivity index (χ2n) is 6.17. The van der Waals surface area contributed by atoms with Crippen LogP contribution in [0.5, 0.6) is 11.5 Å². The number of hydrogen-bond acceptors (Lipinski definition) is 6. The molecule has 2 aromatic carbocycles. The molecular weight excluding hydrogens is 443 g/mol. The molecule has 0 saturated heterocycles. The van der Waals surface area contributed by atoms with Gasteiger partial charge in [0.2, 0.25) is 5.75 Å². The fraction of sp³-hybridized carbons (Fsp3) is 0.158. The van der Waals surface area contributed by atoms with Gasteiger partial charge in [0.05, 0.1) is 22.8 Å². The highest BCUT2D eigenvalue weighted by Gasteiger charge is 2.46. The quantitative estimate of drug-likeness (QED) is 0.399. The smallest absolute Gasteiger partial charge is 0.435 e. The van der Waals surface area contributed by atoms with Crippen LogP contribution in [0.15, 0.2) is 47.1 Å². The van der Waals surface area contributed by atoms with E-state index in [9.17, 15) is 33.2 Å². The monoisotopic (exact) mass is 455 g/mol. The molecule has 8 nitrogen and oxygen atoms in total. The Kier molecular flexibility index (Phi) is 5.89. The molecule has 1 aliphatic heterocycles. The van der Waals surface area contributed by atoms with Gasteiger partial charge in [0.1, 0.15) is 0 Å². The van der Waals surface area contributed by atoms with E-state index in [0.717, 1.165) is 18.2 Å². The SMILES string of the molecule is CCOc1cc(C=C2C(=O)N(c3ccc(Cl)cc3)N=C2C(F)(F)F)cc([N+](=O)[O-])c1O. The van der Waals surface area contributed by atoms with E-state index in [-0.39, 0.29) is 23.6 Å². The minimum absolute atomic E-state index is 0.0310. The standard InChI is InChI=1S/C19H13ClF3N3O5/c1-2-31-15-9-10(8-14(16(15)27)26(29)30)7-13-17(19(21,22)23)24-25(18(13)28)12-5-3-11(20)4-6-12/h3-9,27H,2H2,1H3. The van der Waals surface area contributed by atoms with E-state index >= 15 is 0 Å². The lowest BCUT2D eigenvalue weighted by Gasteiger charge is -2.11. The second-order valence-corrected chi connectivity index (χ2v) is 6.61. The van der Waals surface area contributed by atoms with Crippen molar-refractivity contribution in [3.05, 3.63) is 62.7 Å². The van der Waals surface area contributed by atoms with Gasteiger partial charge in [0.25, 0.3) is 5.91 Å². The number of hydrazone groups is 1. The van der Waals surface area contributed by atoms with Crippen molar-refractivity contribution in [2.75, 3.05) is 11.6 Å². The summed E-state index contributed by atoms with van der Waals surface area (Å²) in [5.74, 6) is -2.18. The summed E-state index contributed by atoms with van der Waals surface area (Å²) < 4.78 is 45.8. The highest BCUT2D eigenvalue weighted by atomic mass is 35.5. The number of carbonyl (C=O) groups is 1. The number of rotatable bonds is 5. The summed E-state index contributed by atoms with van der Waals surface area (Å²) in [4.78, 5) is 23.0. The van der Waals surface area contributed by atoms with Gasteiger partial charge in [0, 0.05) is 11.1 Å². The summed E-state index contributed by atoms with van der Waals surface area (Å²) in [7, 11) is 0. The van der Waals surface area contributed by atoms with Crippen LogP contribution in [0.2, 0.25) is 5.02 Å². The van der Waals surface area contributed by atoms with E-state index in [0.29, 0.717) is 10.0 Å². The number of nitro benzene ring substituents is 1. The lowest BCUT2D eigenvalue weighted by molar-refractivity contribution is -0.386. The fourth-order valence-corrected chi connectivity index (χ4v) is 2.91. The van der Waals surface area contributed by atoms with Crippen molar-refractivity contribution in [3.8, 4) is 11.5 Å². The Morgan fingerprint density at radius 1 is 1.29 bits per heavy atom. The zero-order valence-electron chi connectivity index (χ0n) is 15.7. The summed E-state index contributed by atoms with van der Waals surface area (Å²) in [6.07, 6.45) is -4.17. The number of amides is 1. The highest BCUT2D eigenvalue weighted by molar-refractivity contribution is 6.34. The molecule has 1 heterocycles. The minimum Gasteiger partial charge on any atom is -0.500 e. The molecule has 0 radical (unpaired) electrons. The molecular formula is C19H13ClF3N3O5. The Balaban J connectivity index is 2.14. The molecule has 2 aromatic rings. The normalized spacial score (nSPS) is 15.4. The van der Waals surface area contributed by atoms with Crippen LogP contribution >= 0.6 is 11.6 Å². The first kappa shape index (κ1) is 22.1. The van der Waals surface area contributed by atoms with E-state index < -0.39 is 39.7 Å². The van der Waals surface area contributed by atoms with Crippen LogP contribution in [0.3, 0.4) is 0 Å². The molecule has 0 aliphatic carbocycles. The van der Waals surface area contributed by atoms with Crippen molar-refractivity contribution in [1.29, 1.82) is 0 Å². The van der Waals surface area contributed by atoms with Crippen LogP contribution in [0, 0.1) is 10.1 Å². The van der Waals surface area contributed by atoms with Crippen LogP contribution in [0.25, 0.3) is 6.08 Å². The third kappa shape index (κ3) is 4.45. The summed E-state index contributed by atoms with van der Waals surface area (Å²) in [5.41, 5.74) is -3.20. The molecule has 0 aromatic heterocycles. The van der Waals surface area contributed by atoms with Crippen molar-refractivity contribution in [2.45, 2.75) is 13.1 Å². The van der Waals surface area contributed by atoms with Gasteiger partial charge >= 0.3 is 11.9 Å². The predicted octanol–water partition coefficient (Wildman–Crippen LogP) is 4.70. The predicted molar refractivity (Wildman–Crippen MR) is 106 cm³/mol. The molecule has 1 aliphatic rings. The number of phenolic OH excluding ortho intramolecular Hbond substituents is 1. The number of aromatic hydroxyl groups is 1. The minimum atomic E-state index is -4.98. The molecule has 0 unspecified atom stereocenters. The maximum Gasteiger partial charge on any atom is 0.435 e. The zero-order chi connectivity index (χ0) is 22.9. The molecule has 12 heteroatoms. The van der Waals surface area contributed by atoms with E-state index in [4.69, 9.17) is 16.3 Å². The maximum absolute atomic E-state index is 13.6. The fourth-order valence-electron chi connectivity index (χ4n) is 2.78. The van der Waals surface area contributed by atoms with Gasteiger partial charge in [-0.3, -0.25) is 14.9 Å². The number of phenols is 1. The average Bonchev–Trinajstić information content (AvgIpc) is 3.01. The van der Waals surface area contributed by atoms with Crippen LogP contribution in [-0.4, -0.2) is 34.4 Å². The van der Waals surface area contributed by atoms with E-state index in [2.05, 4.69) is 5.10 Å². The highest BCUT2D eigenvalue weighted by Crippen LogP contribution is 2.39. The number of carbonyl (C=O) groups excluding carboxylic acids is 1. The first-order valence-corrected chi connectivity index (χ1v) is 9.02. The molecule has 162 valence electrons. The van der Waals surface area contributed by atoms with Gasteiger partial charge in [-0.1, -0.05) is 11.6 Å². The van der Waals surface area contributed by atoms with Crippen molar-refractivity contribution in [1.82, 2.24) is 0 Å². The Morgan fingerprint density at radius 3 is 2.48 bits per heavy atom. The average molecular weight is 456 g/mol. The van der Waals surface area contributed by atoms with Crippen molar-refractivity contribution < 1.29 is 32.7 Å². The summed E-state index contributed by atoms with van der Waals surface area (Å²) in [5, 5.41) is 25.4. The first-order valence-electron chi connectivity index (χ1n) is 8.65. The maximum atomic E-state index is 13.6. The Hall–Kier alpha value is -3.60. The summed E-state index contributed by atoms with van der Waals surface area (Å²) in [6, 6.07) is 7.32. The van der Waals surface area contributed by atoms with Gasteiger partial charge < -0.3 is 9.84 Å². The Bertz CT molecular complexity index is 1110. The number of benzene rings is 2. The van der Waals surface area contributed by atoms with Crippen molar-refractivity contribution in [3.63, 3.8) is 0 Å². The lowest BCUT2D eigenvalue weighted by Crippen LogP contribution is -2.25. The summed E-state index contributed by atoms with van der Waals surface area (Å²) in [6.45, 7) is 1.58. The molecule has 3 rings (SSSR count). The zero-order valence-corrected chi connectivity index (χ0v) is 16.4. The number of anilines is 1. The molecule has 0 fully saturated rings. The van der Waals surface area contributed by atoms with Crippen molar-refractivity contribution in [2.24, 2.45) is 5.10 Å². The Morgan fingerprint density at radius 2 is 1.94 bits per heavy atom. The van der Waals surface area contributed by atoms with Gasteiger partial charge in [-0.2, -0.15) is 23.3 Å². The molecule has 0 saturated carbocycles. The number of nitro groups is 1. The van der Waals surface area contributed by atoms with E-state index in [1.54, 1.807) is 6.92 Å². The molecule has 31 heavy (non-hydrogen) atoms. The van der Waals surface area contributed by atoms with Crippen molar-refractivity contribution >= 4 is 40.7 Å². The number of hydrogen-bond donors (Lipinski definition) is 1. The first-order chi connectivity index (χ1) is 14.5. The van der Waals surface area contributed by atoms with E-state index in [1.807, 2.05) is 0 Å². The second kappa shape index (κ2) is 8.26. The molecule has 1 amide bonds. The molecule has 0 spiro atoms. The topological polar surface area (TPSA) is 105 Å². The number of nitrogens with zero attached hydrogens (tertiary/aromatic N) is 3. The summed E-state index contributed by atoms with van der Waals surface area (Å²) >= 11 is 5.77. The van der Waals surface area contributed by atoms with Crippen LogP contribution < -0.4 is 9.75 Å². The third-order valence-corrected chi connectivity index (χ3v) is 4.35. The van der Waals surface area contributed by atoms with Crippen LogP contribution in [-0.2, 0) is 4.79 Å². The van der Waals surface area contributed by atoms with E-state index in [1.165, 1.54) is 24.3 Å². The Labute approximate surface area is 177 Å². The van der Waals surface area contributed by atoms with Crippen LogP contribution in [0.4, 0.5) is 24.5 Å². The number of ether oxygens (including phenoxy) is 1. The largest absolute Gasteiger partial charge is 0.500 e. The molecule has 0 atom stereocenters. The number of alkyl halides is 3. The van der Waals surface area contributed by atoms with Gasteiger partial charge in [-0.15, -0.1) is 0 Å². The van der Waals surface area contributed by atoms with Gasteiger partial charge in [-0.25, -0.2) is 0 Å². The molecule has 1 N–H and O–H groups in total. The van der Waals surface area contributed by atoms with Crippen LogP contribution in [0.1, 0.15) is 12.5 Å². The van der Waals surface area contributed by atoms with Gasteiger partial charge in [-0.05, 0) is 48.9 Å².